The molecule has 1 saturated carbocycles. The van der Waals surface area contributed by atoms with Crippen LogP contribution in [-0.4, -0.2) is 51.4 Å². The molecule has 1 aliphatic carbocycles. The normalized spacial score (nSPS) is 14.7. The standard InChI is InChI=1S/C28H35FN6O3Si/c1-39(2,3)13-12-38-17-35-27(19-4-5-19)25(26(33-35)18-6-9-21(29)10-7-18)20-8-11-24-31-14-22(34(24)16-20)28(37)32-15-23(30)36/h6-11,14,16,19,28,32,37H,4-5,12-13,15,17H2,1-3H3,(H2,30,36). The number of ether oxygens (including phenoxy) is 1. The van der Waals surface area contributed by atoms with Gasteiger partial charge in [-0.25, -0.2) is 14.1 Å². The molecule has 4 N–H and O–H groups in total. The Morgan fingerprint density at radius 1 is 1.21 bits per heavy atom. The van der Waals surface area contributed by atoms with E-state index in [0.717, 1.165) is 47.0 Å². The van der Waals surface area contributed by atoms with E-state index in [2.05, 4.69) is 29.9 Å². The molecule has 0 saturated heterocycles. The van der Waals surface area contributed by atoms with Crippen LogP contribution in [-0.2, 0) is 16.3 Å². The molecule has 3 aromatic heterocycles. The monoisotopic (exact) mass is 550 g/mol. The van der Waals surface area contributed by atoms with Crippen molar-refractivity contribution in [2.45, 2.75) is 57.4 Å². The van der Waals surface area contributed by atoms with E-state index < -0.39 is 20.2 Å². The van der Waals surface area contributed by atoms with Crippen molar-refractivity contribution in [3.8, 4) is 22.4 Å². The Balaban J connectivity index is 1.58. The summed E-state index contributed by atoms with van der Waals surface area (Å²) >= 11 is 0. The molecule has 9 nitrogen and oxygen atoms in total. The van der Waals surface area contributed by atoms with Gasteiger partial charge in [0.05, 0.1) is 24.1 Å². The van der Waals surface area contributed by atoms with Gasteiger partial charge in [-0.3, -0.25) is 14.5 Å². The smallest absolute Gasteiger partial charge is 0.231 e. The summed E-state index contributed by atoms with van der Waals surface area (Å²) < 4.78 is 23.7. The van der Waals surface area contributed by atoms with Crippen LogP contribution in [0, 0.1) is 5.82 Å². The van der Waals surface area contributed by atoms with Crippen molar-refractivity contribution in [3.63, 3.8) is 0 Å². The second-order valence-electron chi connectivity index (χ2n) is 11.3. The number of nitrogens with one attached hydrogen (secondary N) is 1. The number of hydrogen-bond donors (Lipinski definition) is 3. The number of benzene rings is 1. The summed E-state index contributed by atoms with van der Waals surface area (Å²) in [5.41, 5.74) is 10.8. The highest BCUT2D eigenvalue weighted by atomic mass is 28.3. The van der Waals surface area contributed by atoms with E-state index in [1.54, 1.807) is 22.7 Å². The van der Waals surface area contributed by atoms with Crippen molar-refractivity contribution in [2.24, 2.45) is 5.73 Å². The average molecular weight is 551 g/mol. The zero-order valence-electron chi connectivity index (χ0n) is 22.5. The molecule has 206 valence electrons. The molecule has 1 aromatic carbocycles. The predicted molar refractivity (Wildman–Crippen MR) is 150 cm³/mol. The average Bonchev–Trinajstić information content (AvgIpc) is 3.52. The van der Waals surface area contributed by atoms with E-state index >= 15 is 0 Å². The topological polar surface area (TPSA) is 120 Å². The molecule has 4 aromatic rings. The Bertz CT molecular complexity index is 1470. The molecule has 5 rings (SSSR count). The van der Waals surface area contributed by atoms with E-state index in [4.69, 9.17) is 15.6 Å². The van der Waals surface area contributed by atoms with Crippen LogP contribution in [0.15, 0.2) is 48.8 Å². The van der Waals surface area contributed by atoms with Crippen molar-refractivity contribution in [2.75, 3.05) is 13.2 Å². The first-order chi connectivity index (χ1) is 18.6. The maximum atomic E-state index is 13.8. The largest absolute Gasteiger partial charge is 0.373 e. The summed E-state index contributed by atoms with van der Waals surface area (Å²) in [6.45, 7) is 7.84. The van der Waals surface area contributed by atoms with Gasteiger partial charge in [0.2, 0.25) is 5.91 Å². The van der Waals surface area contributed by atoms with Crippen LogP contribution in [0.4, 0.5) is 4.39 Å². The number of aliphatic hydroxyl groups is 1. The first-order valence-electron chi connectivity index (χ1n) is 13.2. The highest BCUT2D eigenvalue weighted by Gasteiger charge is 2.34. The number of nitrogens with two attached hydrogens (primary N) is 1. The molecular weight excluding hydrogens is 515 g/mol. The first kappa shape index (κ1) is 27.2. The SMILES string of the molecule is C[Si](C)(C)CCOCn1nc(-c2ccc(F)cc2)c(-c2ccc3ncc(C(O)NCC(N)=O)n3c2)c1C1CC1. The quantitative estimate of drug-likeness (QED) is 0.138. The van der Waals surface area contributed by atoms with Gasteiger partial charge >= 0.3 is 0 Å². The summed E-state index contributed by atoms with van der Waals surface area (Å²) in [6.07, 6.45) is 4.47. The summed E-state index contributed by atoms with van der Waals surface area (Å²) in [4.78, 5) is 15.6. The second-order valence-corrected chi connectivity index (χ2v) is 16.9. The fourth-order valence-corrected chi connectivity index (χ4v) is 5.38. The molecule has 1 unspecified atom stereocenters. The molecule has 0 aliphatic heterocycles. The molecule has 0 radical (unpaired) electrons. The maximum Gasteiger partial charge on any atom is 0.231 e. The van der Waals surface area contributed by atoms with Crippen LogP contribution in [0.2, 0.25) is 25.7 Å². The summed E-state index contributed by atoms with van der Waals surface area (Å²) in [5, 5.41) is 18.4. The van der Waals surface area contributed by atoms with Crippen LogP contribution in [0.3, 0.4) is 0 Å². The number of primary amides is 1. The lowest BCUT2D eigenvalue weighted by molar-refractivity contribution is -0.117. The zero-order valence-corrected chi connectivity index (χ0v) is 23.5. The summed E-state index contributed by atoms with van der Waals surface area (Å²) in [6, 6.07) is 11.3. The number of hydrogen-bond acceptors (Lipinski definition) is 6. The van der Waals surface area contributed by atoms with Crippen molar-refractivity contribution in [3.05, 3.63) is 66.0 Å². The Labute approximate surface area is 227 Å². The number of imidazole rings is 1. The highest BCUT2D eigenvalue weighted by Crippen LogP contribution is 2.47. The van der Waals surface area contributed by atoms with Crippen molar-refractivity contribution >= 4 is 19.6 Å². The Morgan fingerprint density at radius 2 is 1.92 bits per heavy atom. The molecular formula is C28H35FN6O3Si. The molecule has 11 heteroatoms. The molecule has 39 heavy (non-hydrogen) atoms. The number of aromatic nitrogens is 4. The van der Waals surface area contributed by atoms with Gasteiger partial charge in [-0.2, -0.15) is 5.10 Å². The van der Waals surface area contributed by atoms with Crippen molar-refractivity contribution in [1.29, 1.82) is 0 Å². The Hall–Kier alpha value is -3.38. The van der Waals surface area contributed by atoms with Gasteiger partial charge in [0.1, 0.15) is 30.1 Å². The van der Waals surface area contributed by atoms with Crippen LogP contribution in [0.1, 0.15) is 36.4 Å². The second kappa shape index (κ2) is 11.0. The van der Waals surface area contributed by atoms with Gasteiger partial charge in [-0.15, -0.1) is 0 Å². The minimum atomic E-state index is -1.23. The van der Waals surface area contributed by atoms with Crippen LogP contribution in [0.25, 0.3) is 28.0 Å². The van der Waals surface area contributed by atoms with E-state index in [0.29, 0.717) is 30.6 Å². The number of rotatable bonds is 12. The van der Waals surface area contributed by atoms with E-state index in [1.807, 2.05) is 23.0 Å². The predicted octanol–water partition coefficient (Wildman–Crippen LogP) is 4.26. The highest BCUT2D eigenvalue weighted by molar-refractivity contribution is 6.76. The number of nitrogens with zero attached hydrogens (tertiary/aromatic N) is 4. The number of carbonyl (C=O) groups is 1. The first-order valence-corrected chi connectivity index (χ1v) is 16.9. The van der Waals surface area contributed by atoms with Gasteiger partial charge in [0.25, 0.3) is 0 Å². The molecule has 1 aliphatic rings. The van der Waals surface area contributed by atoms with E-state index in [9.17, 15) is 14.3 Å². The number of amides is 1. The Morgan fingerprint density at radius 3 is 2.59 bits per heavy atom. The van der Waals surface area contributed by atoms with Gasteiger partial charge in [0, 0.05) is 43.5 Å². The lowest BCUT2D eigenvalue weighted by Crippen LogP contribution is -2.32. The summed E-state index contributed by atoms with van der Waals surface area (Å²) in [7, 11) is -1.23. The third-order valence-electron chi connectivity index (χ3n) is 6.86. The minimum absolute atomic E-state index is 0.168. The number of halogens is 1. The van der Waals surface area contributed by atoms with Crippen molar-refractivity contribution < 1.29 is 19.0 Å². The van der Waals surface area contributed by atoms with Gasteiger partial charge < -0.3 is 15.6 Å². The molecule has 1 atom stereocenters. The van der Waals surface area contributed by atoms with Gasteiger partial charge in [0.15, 0.2) is 0 Å². The number of pyridine rings is 1. The number of aliphatic hydroxyl groups excluding tert-OH is 1. The molecule has 1 amide bonds. The van der Waals surface area contributed by atoms with Gasteiger partial charge in [-0.1, -0.05) is 19.6 Å². The number of fused-ring (bicyclic) bond motifs is 1. The molecule has 3 heterocycles. The Kier molecular flexibility index (Phi) is 7.67. The maximum absolute atomic E-state index is 13.8. The molecule has 0 spiro atoms. The van der Waals surface area contributed by atoms with Crippen LogP contribution < -0.4 is 11.1 Å². The fourth-order valence-electron chi connectivity index (χ4n) is 4.62. The lowest BCUT2D eigenvalue weighted by atomic mass is 9.98. The van der Waals surface area contributed by atoms with E-state index in [-0.39, 0.29) is 12.4 Å². The summed E-state index contributed by atoms with van der Waals surface area (Å²) in [5.74, 6) is -0.525. The van der Waals surface area contributed by atoms with Crippen molar-refractivity contribution in [1.82, 2.24) is 24.5 Å². The van der Waals surface area contributed by atoms with Gasteiger partial charge in [-0.05, 0) is 55.3 Å². The molecule has 1 fully saturated rings. The third-order valence-corrected chi connectivity index (χ3v) is 8.56. The third kappa shape index (κ3) is 6.27. The molecule has 0 bridgehead atoms. The number of carbonyl (C=O) groups excluding carboxylic acids is 1. The lowest BCUT2D eigenvalue weighted by Gasteiger charge is -2.16. The fraction of sp³-hybridized carbons (Fsp3) is 0.393. The minimum Gasteiger partial charge on any atom is -0.373 e. The van der Waals surface area contributed by atoms with Crippen LogP contribution in [0.5, 0.6) is 0 Å². The zero-order chi connectivity index (χ0) is 27.7. The van der Waals surface area contributed by atoms with E-state index in [1.165, 1.54) is 12.1 Å². The van der Waals surface area contributed by atoms with Crippen LogP contribution >= 0.6 is 0 Å².